The fourth-order valence-electron chi connectivity index (χ4n) is 4.24. The Labute approximate surface area is 83.1 Å². The van der Waals surface area contributed by atoms with E-state index in [2.05, 4.69) is 27.7 Å². The SMILES string of the molecule is CC1CC2CC(C)(C1)CC(C)C2C. The lowest BCUT2D eigenvalue weighted by Gasteiger charge is -2.51. The molecule has 2 bridgehead atoms. The van der Waals surface area contributed by atoms with E-state index in [1.165, 1.54) is 25.7 Å². The fourth-order valence-corrected chi connectivity index (χ4v) is 4.24. The molecule has 2 aliphatic rings. The van der Waals surface area contributed by atoms with Gasteiger partial charge in [-0.3, -0.25) is 0 Å². The van der Waals surface area contributed by atoms with Gasteiger partial charge >= 0.3 is 0 Å². The molecule has 2 saturated carbocycles. The number of hydrogen-bond acceptors (Lipinski definition) is 0. The summed E-state index contributed by atoms with van der Waals surface area (Å²) in [6.45, 7) is 9.92. The van der Waals surface area contributed by atoms with Gasteiger partial charge in [0.1, 0.15) is 0 Å². The minimum Gasteiger partial charge on any atom is -0.0625 e. The molecular formula is C13H24. The summed E-state index contributed by atoms with van der Waals surface area (Å²) in [7, 11) is 0. The van der Waals surface area contributed by atoms with E-state index < -0.39 is 0 Å². The lowest BCUT2D eigenvalue weighted by molar-refractivity contribution is -0.00721. The molecule has 0 aliphatic heterocycles. The van der Waals surface area contributed by atoms with Crippen LogP contribution in [0.3, 0.4) is 0 Å². The molecule has 0 heterocycles. The molecule has 0 heteroatoms. The molecule has 0 aromatic heterocycles. The van der Waals surface area contributed by atoms with Gasteiger partial charge in [-0.15, -0.1) is 0 Å². The standard InChI is InChI=1S/C13H24/c1-9-5-12-8-13(4,6-9)7-10(2)11(12)3/h9-12H,5-8H2,1-4H3. The van der Waals surface area contributed by atoms with E-state index in [9.17, 15) is 0 Å². The Bertz CT molecular complexity index is 192. The molecule has 0 nitrogen and oxygen atoms in total. The van der Waals surface area contributed by atoms with Crippen LogP contribution in [0.1, 0.15) is 53.4 Å². The monoisotopic (exact) mass is 180 g/mol. The molecule has 5 unspecified atom stereocenters. The van der Waals surface area contributed by atoms with Crippen LogP contribution in [-0.4, -0.2) is 0 Å². The van der Waals surface area contributed by atoms with E-state index in [4.69, 9.17) is 0 Å². The summed E-state index contributed by atoms with van der Waals surface area (Å²) >= 11 is 0. The van der Waals surface area contributed by atoms with Crippen molar-refractivity contribution >= 4 is 0 Å². The summed E-state index contributed by atoms with van der Waals surface area (Å²) in [5.74, 6) is 3.98. The van der Waals surface area contributed by atoms with Gasteiger partial charge in [-0.1, -0.05) is 27.7 Å². The Morgan fingerprint density at radius 1 is 1.00 bits per heavy atom. The Hall–Kier alpha value is 0. The van der Waals surface area contributed by atoms with Crippen molar-refractivity contribution in [1.82, 2.24) is 0 Å². The molecule has 0 aromatic rings. The first-order valence-electron chi connectivity index (χ1n) is 6.00. The molecule has 0 N–H and O–H groups in total. The highest BCUT2D eigenvalue weighted by Gasteiger charge is 2.44. The van der Waals surface area contributed by atoms with E-state index >= 15 is 0 Å². The van der Waals surface area contributed by atoms with Crippen molar-refractivity contribution in [3.05, 3.63) is 0 Å². The number of fused-ring (bicyclic) bond motifs is 2. The normalized spacial score (nSPS) is 56.3. The van der Waals surface area contributed by atoms with Gasteiger partial charge in [-0.25, -0.2) is 0 Å². The van der Waals surface area contributed by atoms with Crippen molar-refractivity contribution in [2.45, 2.75) is 53.4 Å². The Morgan fingerprint density at radius 2 is 1.69 bits per heavy atom. The van der Waals surface area contributed by atoms with Crippen molar-refractivity contribution in [2.75, 3.05) is 0 Å². The summed E-state index contributed by atoms with van der Waals surface area (Å²) < 4.78 is 0. The molecule has 2 rings (SSSR count). The summed E-state index contributed by atoms with van der Waals surface area (Å²) in [6.07, 6.45) is 5.99. The van der Waals surface area contributed by atoms with Crippen LogP contribution < -0.4 is 0 Å². The minimum atomic E-state index is 0.703. The maximum atomic E-state index is 2.53. The second-order valence-electron chi connectivity index (χ2n) is 6.36. The number of rotatable bonds is 0. The van der Waals surface area contributed by atoms with Crippen molar-refractivity contribution in [2.24, 2.45) is 29.1 Å². The zero-order valence-corrected chi connectivity index (χ0v) is 9.64. The summed E-state index contributed by atoms with van der Waals surface area (Å²) in [5.41, 5.74) is 0.703. The quantitative estimate of drug-likeness (QED) is 0.526. The van der Waals surface area contributed by atoms with Gasteiger partial charge in [0.2, 0.25) is 0 Å². The first kappa shape index (κ1) is 9.55. The van der Waals surface area contributed by atoms with E-state index in [1.807, 2.05) is 0 Å². The third kappa shape index (κ3) is 1.65. The zero-order valence-electron chi connectivity index (χ0n) is 9.64. The highest BCUT2D eigenvalue weighted by atomic mass is 14.5. The van der Waals surface area contributed by atoms with Crippen LogP contribution in [0.15, 0.2) is 0 Å². The van der Waals surface area contributed by atoms with E-state index in [0.29, 0.717) is 5.41 Å². The van der Waals surface area contributed by atoms with Gasteiger partial charge in [0.25, 0.3) is 0 Å². The predicted octanol–water partition coefficient (Wildman–Crippen LogP) is 4.10. The van der Waals surface area contributed by atoms with Gasteiger partial charge in [-0.2, -0.15) is 0 Å². The van der Waals surface area contributed by atoms with Gasteiger partial charge in [0, 0.05) is 0 Å². The highest BCUT2D eigenvalue weighted by molar-refractivity contribution is 4.94. The molecule has 76 valence electrons. The van der Waals surface area contributed by atoms with Crippen LogP contribution in [0.5, 0.6) is 0 Å². The Balaban J connectivity index is 2.17. The average Bonchev–Trinajstić information content (AvgIpc) is 1.98. The van der Waals surface area contributed by atoms with Crippen LogP contribution in [0.2, 0.25) is 0 Å². The van der Waals surface area contributed by atoms with Crippen LogP contribution in [0, 0.1) is 29.1 Å². The first-order chi connectivity index (χ1) is 6.00. The van der Waals surface area contributed by atoms with Crippen LogP contribution in [-0.2, 0) is 0 Å². The van der Waals surface area contributed by atoms with E-state index in [-0.39, 0.29) is 0 Å². The topological polar surface area (TPSA) is 0 Å². The fraction of sp³-hybridized carbons (Fsp3) is 1.00. The van der Waals surface area contributed by atoms with Gasteiger partial charge in [-0.05, 0) is 54.8 Å². The lowest BCUT2D eigenvalue weighted by Crippen LogP contribution is -2.41. The number of hydrogen-bond donors (Lipinski definition) is 0. The van der Waals surface area contributed by atoms with Crippen molar-refractivity contribution in [3.8, 4) is 0 Å². The molecule has 0 radical (unpaired) electrons. The first-order valence-corrected chi connectivity index (χ1v) is 6.00. The van der Waals surface area contributed by atoms with Gasteiger partial charge in [0.05, 0.1) is 0 Å². The molecule has 0 saturated heterocycles. The van der Waals surface area contributed by atoms with Crippen molar-refractivity contribution < 1.29 is 0 Å². The second kappa shape index (κ2) is 3.00. The molecule has 2 fully saturated rings. The molecule has 0 amide bonds. The minimum absolute atomic E-state index is 0.703. The van der Waals surface area contributed by atoms with Crippen LogP contribution in [0.4, 0.5) is 0 Å². The molecule has 0 aromatic carbocycles. The summed E-state index contributed by atoms with van der Waals surface area (Å²) in [4.78, 5) is 0. The van der Waals surface area contributed by atoms with Gasteiger partial charge in [0.15, 0.2) is 0 Å². The maximum absolute atomic E-state index is 2.53. The smallest absolute Gasteiger partial charge is 0.0318 e. The van der Waals surface area contributed by atoms with E-state index in [0.717, 1.165) is 23.7 Å². The maximum Gasteiger partial charge on any atom is -0.0318 e. The lowest BCUT2D eigenvalue weighted by atomic mass is 9.54. The molecule has 2 aliphatic carbocycles. The van der Waals surface area contributed by atoms with E-state index in [1.54, 1.807) is 0 Å². The largest absolute Gasteiger partial charge is 0.0625 e. The summed E-state index contributed by atoms with van der Waals surface area (Å²) in [6, 6.07) is 0. The van der Waals surface area contributed by atoms with Crippen LogP contribution in [0.25, 0.3) is 0 Å². The second-order valence-corrected chi connectivity index (χ2v) is 6.36. The summed E-state index contributed by atoms with van der Waals surface area (Å²) in [5, 5.41) is 0. The average molecular weight is 180 g/mol. The molecule has 5 atom stereocenters. The van der Waals surface area contributed by atoms with Crippen molar-refractivity contribution in [3.63, 3.8) is 0 Å². The van der Waals surface area contributed by atoms with Crippen LogP contribution >= 0.6 is 0 Å². The Kier molecular flexibility index (Phi) is 2.20. The van der Waals surface area contributed by atoms with Gasteiger partial charge < -0.3 is 0 Å². The third-order valence-electron chi connectivity index (χ3n) is 4.76. The zero-order chi connectivity index (χ0) is 9.64. The van der Waals surface area contributed by atoms with Crippen molar-refractivity contribution in [1.29, 1.82) is 0 Å². The molecular weight excluding hydrogens is 156 g/mol. The molecule has 0 spiro atoms. The predicted molar refractivity (Wildman–Crippen MR) is 57.6 cm³/mol. The highest BCUT2D eigenvalue weighted by Crippen LogP contribution is 2.54. The molecule has 13 heavy (non-hydrogen) atoms. The third-order valence-corrected chi connectivity index (χ3v) is 4.76. The Morgan fingerprint density at radius 3 is 2.38 bits per heavy atom.